The van der Waals surface area contributed by atoms with Crippen LogP contribution in [0.15, 0.2) is 30.7 Å². The van der Waals surface area contributed by atoms with Crippen molar-refractivity contribution in [2.24, 2.45) is 7.05 Å². The largest absolute Gasteiger partial charge is 0.485 e. The van der Waals surface area contributed by atoms with E-state index in [2.05, 4.69) is 15.0 Å². The van der Waals surface area contributed by atoms with E-state index in [9.17, 15) is 4.79 Å². The van der Waals surface area contributed by atoms with Crippen LogP contribution < -0.4 is 9.64 Å². The summed E-state index contributed by atoms with van der Waals surface area (Å²) in [5.41, 5.74) is 1.10. The molecule has 1 atom stereocenters. The van der Waals surface area contributed by atoms with E-state index in [1.807, 2.05) is 42.7 Å². The van der Waals surface area contributed by atoms with Gasteiger partial charge in [0.25, 0.3) is 0 Å². The Kier molecular flexibility index (Phi) is 5.27. The van der Waals surface area contributed by atoms with Crippen LogP contribution in [0, 0.1) is 0 Å². The fraction of sp³-hybridized carbons (Fsp3) is 0.550. The molecule has 2 aromatic rings. The lowest BCUT2D eigenvalue weighted by Gasteiger charge is -2.22. The summed E-state index contributed by atoms with van der Waals surface area (Å²) in [6.45, 7) is 3.49. The van der Waals surface area contributed by atoms with Crippen molar-refractivity contribution >= 4 is 11.7 Å². The van der Waals surface area contributed by atoms with Crippen molar-refractivity contribution < 1.29 is 9.53 Å². The molecule has 1 unspecified atom stereocenters. The number of aromatic nitrogens is 3. The summed E-state index contributed by atoms with van der Waals surface area (Å²) in [5.74, 6) is 1.97. The fourth-order valence-corrected chi connectivity index (χ4v) is 3.88. The molecule has 4 heterocycles. The summed E-state index contributed by atoms with van der Waals surface area (Å²) >= 11 is 0. The van der Waals surface area contributed by atoms with E-state index < -0.39 is 0 Å². The molecule has 144 valence electrons. The average molecular weight is 369 g/mol. The number of pyridine rings is 1. The predicted octanol–water partition coefficient (Wildman–Crippen LogP) is 2.03. The van der Waals surface area contributed by atoms with Gasteiger partial charge < -0.3 is 14.5 Å². The summed E-state index contributed by atoms with van der Waals surface area (Å²) in [7, 11) is 1.89. The summed E-state index contributed by atoms with van der Waals surface area (Å²) in [5, 5.41) is 4.15. The quantitative estimate of drug-likeness (QED) is 0.780. The minimum Gasteiger partial charge on any atom is -0.485 e. The van der Waals surface area contributed by atoms with Crippen molar-refractivity contribution in [3.8, 4) is 5.75 Å². The number of anilines is 1. The number of likely N-dealkylation sites (tertiary alicyclic amines) is 1. The third-order valence-electron chi connectivity index (χ3n) is 5.33. The Morgan fingerprint density at radius 2 is 2.15 bits per heavy atom. The highest BCUT2D eigenvalue weighted by Crippen LogP contribution is 2.30. The summed E-state index contributed by atoms with van der Waals surface area (Å²) < 4.78 is 8.02. The number of ether oxygens (including phenoxy) is 1. The lowest BCUT2D eigenvalue weighted by Crippen LogP contribution is -2.31. The van der Waals surface area contributed by atoms with E-state index in [4.69, 9.17) is 4.74 Å². The van der Waals surface area contributed by atoms with Gasteiger partial charge >= 0.3 is 0 Å². The maximum absolute atomic E-state index is 12.5. The minimum absolute atomic E-state index is 0.0397. The molecule has 2 saturated heterocycles. The van der Waals surface area contributed by atoms with Crippen LogP contribution in [0.4, 0.5) is 5.82 Å². The number of nitrogens with zero attached hydrogens (tertiary/aromatic N) is 5. The molecule has 1 amide bonds. The highest BCUT2D eigenvalue weighted by molar-refractivity contribution is 5.76. The van der Waals surface area contributed by atoms with Gasteiger partial charge in [-0.25, -0.2) is 4.98 Å². The Labute approximate surface area is 159 Å². The second-order valence-electron chi connectivity index (χ2n) is 7.41. The van der Waals surface area contributed by atoms with Crippen LogP contribution in [-0.4, -0.2) is 57.9 Å². The first-order valence-electron chi connectivity index (χ1n) is 9.81. The molecule has 2 fully saturated rings. The number of carbonyl (C=O) groups excluding carboxylic acids is 1. The normalized spacial score (nSPS) is 19.7. The van der Waals surface area contributed by atoms with Crippen molar-refractivity contribution in [2.75, 3.05) is 31.1 Å². The fourth-order valence-electron chi connectivity index (χ4n) is 3.88. The van der Waals surface area contributed by atoms with Gasteiger partial charge in [-0.2, -0.15) is 5.10 Å². The topological polar surface area (TPSA) is 63.5 Å². The lowest BCUT2D eigenvalue weighted by atomic mass is 10.2. The summed E-state index contributed by atoms with van der Waals surface area (Å²) in [6.07, 6.45) is 10.2. The molecule has 0 radical (unpaired) electrons. The number of hydrogen-bond acceptors (Lipinski definition) is 5. The molecule has 2 aliphatic rings. The zero-order valence-electron chi connectivity index (χ0n) is 15.9. The number of hydrogen-bond donors (Lipinski definition) is 0. The Hall–Kier alpha value is -2.57. The molecule has 0 saturated carbocycles. The zero-order chi connectivity index (χ0) is 18.6. The van der Waals surface area contributed by atoms with Gasteiger partial charge in [-0.3, -0.25) is 9.48 Å². The van der Waals surface area contributed by atoms with Gasteiger partial charge in [0.05, 0.1) is 12.7 Å². The Bertz CT molecular complexity index is 784. The van der Waals surface area contributed by atoms with Gasteiger partial charge in [0.15, 0.2) is 11.6 Å². The third kappa shape index (κ3) is 4.23. The molecule has 0 aromatic carbocycles. The van der Waals surface area contributed by atoms with Crippen molar-refractivity contribution in [3.05, 3.63) is 36.3 Å². The third-order valence-corrected chi connectivity index (χ3v) is 5.33. The lowest BCUT2D eigenvalue weighted by molar-refractivity contribution is -0.130. The van der Waals surface area contributed by atoms with Crippen molar-refractivity contribution in [1.82, 2.24) is 19.7 Å². The van der Waals surface area contributed by atoms with Crippen LogP contribution in [0.2, 0.25) is 0 Å². The number of carbonyl (C=O) groups is 1. The van der Waals surface area contributed by atoms with Crippen LogP contribution in [0.25, 0.3) is 0 Å². The van der Waals surface area contributed by atoms with Crippen molar-refractivity contribution in [1.29, 1.82) is 0 Å². The molecule has 2 aliphatic heterocycles. The van der Waals surface area contributed by atoms with Gasteiger partial charge in [-0.05, 0) is 37.0 Å². The molecular weight excluding hydrogens is 342 g/mol. The van der Waals surface area contributed by atoms with Crippen LogP contribution >= 0.6 is 0 Å². The molecule has 27 heavy (non-hydrogen) atoms. The first kappa shape index (κ1) is 17.8. The van der Waals surface area contributed by atoms with Gasteiger partial charge in [-0.15, -0.1) is 0 Å². The molecular formula is C20H27N5O2. The van der Waals surface area contributed by atoms with Crippen LogP contribution in [0.3, 0.4) is 0 Å². The molecule has 0 bridgehead atoms. The molecule has 7 nitrogen and oxygen atoms in total. The minimum atomic E-state index is 0.0397. The Morgan fingerprint density at radius 3 is 2.93 bits per heavy atom. The first-order valence-corrected chi connectivity index (χ1v) is 9.81. The monoisotopic (exact) mass is 369 g/mol. The maximum Gasteiger partial charge on any atom is 0.223 e. The molecule has 0 spiro atoms. The number of amides is 1. The summed E-state index contributed by atoms with van der Waals surface area (Å²) in [4.78, 5) is 21.3. The van der Waals surface area contributed by atoms with E-state index in [1.165, 1.54) is 12.8 Å². The molecule has 7 heteroatoms. The average Bonchev–Trinajstić information content (AvgIpc) is 3.42. The zero-order valence-corrected chi connectivity index (χ0v) is 15.9. The maximum atomic E-state index is 12.5. The molecule has 4 rings (SSSR count). The van der Waals surface area contributed by atoms with Gasteiger partial charge in [0.2, 0.25) is 5.91 Å². The van der Waals surface area contributed by atoms with E-state index in [0.717, 1.165) is 49.6 Å². The standard InChI is InChI=1S/C20H27N5O2/c1-23-14-16(13-22-23)6-7-19(26)25-12-8-17(15-25)27-18-5-4-9-21-20(18)24-10-2-3-11-24/h4-5,9,13-14,17H,2-3,6-8,10-12,15H2,1H3. The van der Waals surface area contributed by atoms with Gasteiger partial charge in [0, 0.05) is 51.9 Å². The predicted molar refractivity (Wildman–Crippen MR) is 103 cm³/mol. The van der Waals surface area contributed by atoms with E-state index >= 15 is 0 Å². The molecule has 0 aliphatic carbocycles. The van der Waals surface area contributed by atoms with Crippen molar-refractivity contribution in [2.45, 2.75) is 38.2 Å². The van der Waals surface area contributed by atoms with E-state index in [-0.39, 0.29) is 12.0 Å². The second-order valence-corrected chi connectivity index (χ2v) is 7.41. The number of aryl methyl sites for hydroxylation is 2. The molecule has 2 aromatic heterocycles. The van der Waals surface area contributed by atoms with Crippen LogP contribution in [-0.2, 0) is 18.3 Å². The van der Waals surface area contributed by atoms with E-state index in [0.29, 0.717) is 13.0 Å². The Balaban J connectivity index is 1.31. The SMILES string of the molecule is Cn1cc(CCC(=O)N2CCC(Oc3cccnc3N3CCCC3)C2)cn1. The van der Waals surface area contributed by atoms with Crippen molar-refractivity contribution in [3.63, 3.8) is 0 Å². The highest BCUT2D eigenvalue weighted by Gasteiger charge is 2.29. The Morgan fingerprint density at radius 1 is 1.30 bits per heavy atom. The summed E-state index contributed by atoms with van der Waals surface area (Å²) in [6, 6.07) is 3.91. The second kappa shape index (κ2) is 7.98. The van der Waals surface area contributed by atoms with Crippen LogP contribution in [0.1, 0.15) is 31.2 Å². The molecule has 0 N–H and O–H groups in total. The smallest absolute Gasteiger partial charge is 0.223 e. The first-order chi connectivity index (χ1) is 13.2. The van der Waals surface area contributed by atoms with Gasteiger partial charge in [0.1, 0.15) is 6.10 Å². The van der Waals surface area contributed by atoms with E-state index in [1.54, 1.807) is 4.68 Å². The van der Waals surface area contributed by atoms with Gasteiger partial charge in [-0.1, -0.05) is 0 Å². The van der Waals surface area contributed by atoms with Crippen LogP contribution in [0.5, 0.6) is 5.75 Å². The highest BCUT2D eigenvalue weighted by atomic mass is 16.5. The number of rotatable bonds is 6.